The molecule has 6 rings (SSSR count). The van der Waals surface area contributed by atoms with Gasteiger partial charge in [-0.15, -0.1) is 0 Å². The molecule has 1 N–H and O–H groups in total. The smallest absolute Gasteiger partial charge is 0.319 e. The minimum Gasteiger partial charge on any atom is -0.439 e. The monoisotopic (exact) mass is 499 g/mol. The molecule has 2 aliphatic heterocycles. The van der Waals surface area contributed by atoms with Crippen LogP contribution in [0, 0.1) is 0 Å². The van der Waals surface area contributed by atoms with Crippen LogP contribution in [-0.4, -0.2) is 35.3 Å². The molecule has 182 valence electrons. The number of anilines is 2. The van der Waals surface area contributed by atoms with Gasteiger partial charge in [0, 0.05) is 18.3 Å². The van der Waals surface area contributed by atoms with E-state index < -0.39 is 5.91 Å². The Morgan fingerprint density at radius 3 is 2.72 bits per heavy atom. The van der Waals surface area contributed by atoms with E-state index in [0.717, 1.165) is 45.4 Å². The number of carbonyl (C=O) groups is 1. The highest BCUT2D eigenvalue weighted by Crippen LogP contribution is 2.45. The van der Waals surface area contributed by atoms with Crippen molar-refractivity contribution in [2.45, 2.75) is 11.1 Å². The molecule has 36 heavy (non-hydrogen) atoms. The number of imidazole rings is 1. The molecule has 4 aromatic rings. The maximum Gasteiger partial charge on any atom is 0.319 e. The highest BCUT2D eigenvalue weighted by molar-refractivity contribution is 7.99. The predicted octanol–water partition coefficient (Wildman–Crippen LogP) is 4.33. The molecule has 3 aromatic carbocycles. The third-order valence-corrected chi connectivity index (χ3v) is 7.82. The van der Waals surface area contributed by atoms with Crippen LogP contribution in [0.2, 0.25) is 0 Å². The summed E-state index contributed by atoms with van der Waals surface area (Å²) in [6.45, 7) is 1.39. The lowest BCUT2D eigenvalue weighted by Gasteiger charge is -2.26. The number of fused-ring (bicyclic) bond motifs is 4. The van der Waals surface area contributed by atoms with Crippen LogP contribution in [0.3, 0.4) is 0 Å². The first-order chi connectivity index (χ1) is 17.5. The summed E-state index contributed by atoms with van der Waals surface area (Å²) in [5, 5.41) is 4.03. The first-order valence-electron chi connectivity index (χ1n) is 11.9. The van der Waals surface area contributed by atoms with Crippen LogP contribution < -0.4 is 19.5 Å². The summed E-state index contributed by atoms with van der Waals surface area (Å²) < 4.78 is 16.4. The van der Waals surface area contributed by atoms with Gasteiger partial charge in [0.05, 0.1) is 32.1 Å². The van der Waals surface area contributed by atoms with Crippen molar-refractivity contribution in [1.29, 1.82) is 0 Å². The number of para-hydroxylation sites is 4. The van der Waals surface area contributed by atoms with Crippen molar-refractivity contribution in [3.05, 3.63) is 84.4 Å². The second-order valence-electron chi connectivity index (χ2n) is 8.88. The van der Waals surface area contributed by atoms with Crippen LogP contribution in [0.5, 0.6) is 5.75 Å². The number of rotatable bonds is 6. The van der Waals surface area contributed by atoms with Crippen molar-refractivity contribution < 1.29 is 18.8 Å². The summed E-state index contributed by atoms with van der Waals surface area (Å²) in [5.41, 5.74) is 5.09. The van der Waals surface area contributed by atoms with Gasteiger partial charge in [-0.1, -0.05) is 42.5 Å². The Bertz CT molecular complexity index is 1440. The zero-order chi connectivity index (χ0) is 24.7. The number of ether oxygens (including phenoxy) is 2. The lowest BCUT2D eigenvalue weighted by molar-refractivity contribution is -0.685. The predicted molar refractivity (Wildman–Crippen MR) is 142 cm³/mol. The van der Waals surface area contributed by atoms with Crippen molar-refractivity contribution in [3.63, 3.8) is 0 Å². The second kappa shape index (κ2) is 9.04. The number of benzene rings is 3. The van der Waals surface area contributed by atoms with Gasteiger partial charge in [-0.25, -0.2) is 9.13 Å². The lowest BCUT2D eigenvalue weighted by atomic mass is 10.2. The third kappa shape index (κ3) is 3.92. The number of aromatic nitrogens is 2. The van der Waals surface area contributed by atoms with E-state index >= 15 is 0 Å². The summed E-state index contributed by atoms with van der Waals surface area (Å²) in [6, 6.07) is 24.0. The van der Waals surface area contributed by atoms with E-state index in [1.807, 2.05) is 80.8 Å². The lowest BCUT2D eigenvalue weighted by Crippen LogP contribution is -2.44. The van der Waals surface area contributed by atoms with Gasteiger partial charge in [0.15, 0.2) is 11.0 Å². The topological polar surface area (TPSA) is 59.6 Å². The standard InChI is InChI=1S/C28H26N4O3S/c1-30-22-7-3-4-8-23(22)31(2)27(30)36-19-26(33)29-21-13-11-20(12-14-21)15-16-28-32(17-18-34-28)24-9-5-6-10-25(24)35-28/h3-16H,17-19H2,1-2H3/p+1/b16-15+. The summed E-state index contributed by atoms with van der Waals surface area (Å²) >= 11 is 1.53. The minimum absolute atomic E-state index is 0.0421. The van der Waals surface area contributed by atoms with Crippen molar-refractivity contribution in [2.75, 3.05) is 29.1 Å². The van der Waals surface area contributed by atoms with E-state index in [9.17, 15) is 4.79 Å². The molecule has 0 radical (unpaired) electrons. The normalized spacial score (nSPS) is 18.4. The molecule has 1 fully saturated rings. The molecular formula is C28H27N4O3S+. The van der Waals surface area contributed by atoms with E-state index in [2.05, 4.69) is 37.5 Å². The Balaban J connectivity index is 1.09. The molecule has 3 heterocycles. The molecule has 1 aromatic heterocycles. The van der Waals surface area contributed by atoms with Crippen molar-refractivity contribution in [2.24, 2.45) is 14.1 Å². The highest BCUT2D eigenvalue weighted by Gasteiger charge is 2.49. The van der Waals surface area contributed by atoms with Gasteiger partial charge in [-0.3, -0.25) is 4.79 Å². The van der Waals surface area contributed by atoms with E-state index in [4.69, 9.17) is 9.47 Å². The first-order valence-corrected chi connectivity index (χ1v) is 12.9. The first kappa shape index (κ1) is 22.7. The third-order valence-electron chi connectivity index (χ3n) is 6.60. The molecule has 7 nitrogen and oxygen atoms in total. The molecule has 0 saturated carbocycles. The summed E-state index contributed by atoms with van der Waals surface area (Å²) in [6.07, 6.45) is 3.94. The number of hydrogen-bond donors (Lipinski definition) is 1. The Kier molecular flexibility index (Phi) is 5.70. The fourth-order valence-corrected chi connectivity index (χ4v) is 5.76. The largest absolute Gasteiger partial charge is 0.439 e. The number of hydrogen-bond acceptors (Lipinski definition) is 5. The number of thioether (sulfide) groups is 1. The highest BCUT2D eigenvalue weighted by atomic mass is 32.2. The molecule has 0 aliphatic carbocycles. The van der Waals surface area contributed by atoms with Crippen molar-refractivity contribution >= 4 is 46.2 Å². The van der Waals surface area contributed by atoms with Crippen LogP contribution in [0.25, 0.3) is 17.1 Å². The van der Waals surface area contributed by atoms with Crippen LogP contribution in [0.15, 0.2) is 84.0 Å². The fraction of sp³-hybridized carbons (Fsp3) is 0.214. The van der Waals surface area contributed by atoms with Gasteiger partial charge in [0.25, 0.3) is 0 Å². The van der Waals surface area contributed by atoms with Crippen LogP contribution in [-0.2, 0) is 23.6 Å². The SMILES string of the molecule is Cn1c(SCC(=O)Nc2ccc(/C=C/C34OCCN3c3ccccc3O4)cc2)[n+](C)c2ccccc21. The van der Waals surface area contributed by atoms with Gasteiger partial charge in [-0.05, 0) is 53.7 Å². The average molecular weight is 500 g/mol. The molecule has 0 bridgehead atoms. The average Bonchev–Trinajstić information content (AvgIpc) is 3.51. The minimum atomic E-state index is -0.897. The Labute approximate surface area is 213 Å². The Morgan fingerprint density at radius 1 is 1.11 bits per heavy atom. The zero-order valence-corrected chi connectivity index (χ0v) is 21.0. The molecular weight excluding hydrogens is 472 g/mol. The molecule has 2 aliphatic rings. The Morgan fingerprint density at radius 2 is 1.89 bits per heavy atom. The molecule has 0 spiro atoms. The molecule has 1 unspecified atom stereocenters. The Hall–Kier alpha value is -3.75. The number of nitrogens with one attached hydrogen (secondary N) is 1. The number of amides is 1. The van der Waals surface area contributed by atoms with E-state index in [1.165, 1.54) is 11.8 Å². The van der Waals surface area contributed by atoms with Gasteiger partial charge in [0.2, 0.25) is 5.91 Å². The van der Waals surface area contributed by atoms with Crippen LogP contribution >= 0.6 is 11.8 Å². The molecule has 8 heteroatoms. The maximum absolute atomic E-state index is 12.6. The number of nitrogens with zero attached hydrogens (tertiary/aromatic N) is 3. The maximum atomic E-state index is 12.6. The molecule has 1 atom stereocenters. The van der Waals surface area contributed by atoms with Gasteiger partial charge >= 0.3 is 11.1 Å². The van der Waals surface area contributed by atoms with Gasteiger partial charge in [-0.2, -0.15) is 0 Å². The fourth-order valence-electron chi connectivity index (χ4n) is 4.85. The van der Waals surface area contributed by atoms with Gasteiger partial charge in [0.1, 0.15) is 5.75 Å². The van der Waals surface area contributed by atoms with Crippen molar-refractivity contribution in [1.82, 2.24) is 4.57 Å². The van der Waals surface area contributed by atoms with E-state index in [1.54, 1.807) is 0 Å². The van der Waals surface area contributed by atoms with Gasteiger partial charge < -0.3 is 19.7 Å². The van der Waals surface area contributed by atoms with Crippen molar-refractivity contribution in [3.8, 4) is 5.75 Å². The van der Waals surface area contributed by atoms with E-state index in [0.29, 0.717) is 12.4 Å². The van der Waals surface area contributed by atoms with Crippen LogP contribution in [0.4, 0.5) is 11.4 Å². The summed E-state index contributed by atoms with van der Waals surface area (Å²) in [7, 11) is 4.05. The number of aryl methyl sites for hydroxylation is 2. The van der Waals surface area contributed by atoms with E-state index in [-0.39, 0.29) is 5.91 Å². The number of carbonyl (C=O) groups excluding carboxylic acids is 1. The zero-order valence-electron chi connectivity index (χ0n) is 20.2. The quantitative estimate of drug-likeness (QED) is 0.316. The summed E-state index contributed by atoms with van der Waals surface area (Å²) in [5.74, 6) is 0.216. The molecule has 1 saturated heterocycles. The summed E-state index contributed by atoms with van der Waals surface area (Å²) in [4.78, 5) is 14.8. The van der Waals surface area contributed by atoms with Crippen LogP contribution in [0.1, 0.15) is 5.56 Å². The second-order valence-corrected chi connectivity index (χ2v) is 9.82. The molecule has 1 amide bonds.